The number of aliphatic hydroxyl groups excluding tert-OH is 1. The minimum atomic E-state index is 0.0474. The average Bonchev–Trinajstić information content (AvgIpc) is 2.38. The number of aliphatic hydroxyl groups is 1. The maximum Gasteiger partial charge on any atom is 0.133 e. The highest BCUT2D eigenvalue weighted by atomic mass is 16.5. The zero-order valence-electron chi connectivity index (χ0n) is 10.1. The maximum atomic E-state index is 8.58. The third-order valence-electron chi connectivity index (χ3n) is 2.56. The van der Waals surface area contributed by atoms with Gasteiger partial charge in [-0.25, -0.2) is 4.98 Å². The normalized spacial score (nSPS) is 10.7. The molecule has 96 valence electrons. The molecule has 2 rings (SSSR count). The standard InChI is InChI=1S/C13H17N3O2/c14-11-1-2-12-10(9-11)3-4-15-13(12)16-5-7-18-8-6-17/h1-4,9,17H,5-8,14H2,(H,15,16). The van der Waals surface area contributed by atoms with Crippen molar-refractivity contribution in [1.82, 2.24) is 4.98 Å². The Hall–Kier alpha value is -1.85. The predicted octanol–water partition coefficient (Wildman–Crippen LogP) is 1.24. The molecule has 0 saturated heterocycles. The molecule has 0 atom stereocenters. The molecule has 0 saturated carbocycles. The highest BCUT2D eigenvalue weighted by Gasteiger charge is 2.01. The molecule has 0 aliphatic heterocycles. The topological polar surface area (TPSA) is 80.4 Å². The molecule has 0 aliphatic carbocycles. The summed E-state index contributed by atoms with van der Waals surface area (Å²) in [6.45, 7) is 1.59. The number of hydrogen-bond acceptors (Lipinski definition) is 5. The fraction of sp³-hybridized carbons (Fsp3) is 0.308. The molecule has 1 aromatic carbocycles. The highest BCUT2D eigenvalue weighted by Crippen LogP contribution is 2.22. The van der Waals surface area contributed by atoms with Crippen LogP contribution in [0.4, 0.5) is 11.5 Å². The van der Waals surface area contributed by atoms with Gasteiger partial charge in [-0.3, -0.25) is 0 Å². The van der Waals surface area contributed by atoms with Crippen LogP contribution in [0.15, 0.2) is 30.5 Å². The number of fused-ring (bicyclic) bond motifs is 1. The Morgan fingerprint density at radius 2 is 2.17 bits per heavy atom. The zero-order valence-corrected chi connectivity index (χ0v) is 10.1. The lowest BCUT2D eigenvalue weighted by Gasteiger charge is -2.09. The van der Waals surface area contributed by atoms with E-state index in [1.165, 1.54) is 0 Å². The second-order valence-corrected chi connectivity index (χ2v) is 3.90. The molecule has 1 heterocycles. The number of pyridine rings is 1. The molecule has 0 bridgehead atoms. The summed E-state index contributed by atoms with van der Waals surface area (Å²) < 4.78 is 5.18. The van der Waals surface area contributed by atoms with Gasteiger partial charge in [-0.1, -0.05) is 0 Å². The van der Waals surface area contributed by atoms with Crippen LogP contribution in [0.25, 0.3) is 10.8 Å². The van der Waals surface area contributed by atoms with Gasteiger partial charge in [-0.2, -0.15) is 0 Å². The molecule has 5 heteroatoms. The Balaban J connectivity index is 2.04. The first-order chi connectivity index (χ1) is 8.81. The minimum Gasteiger partial charge on any atom is -0.399 e. The van der Waals surface area contributed by atoms with Gasteiger partial charge in [0.2, 0.25) is 0 Å². The molecule has 0 radical (unpaired) electrons. The molecular weight excluding hydrogens is 230 g/mol. The molecule has 0 fully saturated rings. The number of ether oxygens (including phenoxy) is 1. The maximum absolute atomic E-state index is 8.58. The van der Waals surface area contributed by atoms with Crippen molar-refractivity contribution in [2.24, 2.45) is 0 Å². The van der Waals surface area contributed by atoms with Gasteiger partial charge in [0, 0.05) is 23.8 Å². The van der Waals surface area contributed by atoms with Crippen LogP contribution < -0.4 is 11.1 Å². The Labute approximate surface area is 106 Å². The number of nitrogen functional groups attached to an aromatic ring is 1. The summed E-state index contributed by atoms with van der Waals surface area (Å²) in [4.78, 5) is 4.30. The van der Waals surface area contributed by atoms with E-state index in [1.54, 1.807) is 6.20 Å². The summed E-state index contributed by atoms with van der Waals surface area (Å²) in [7, 11) is 0. The SMILES string of the molecule is Nc1ccc2c(NCCOCCO)nccc2c1. The van der Waals surface area contributed by atoms with Gasteiger partial charge in [-0.05, 0) is 29.7 Å². The van der Waals surface area contributed by atoms with Gasteiger partial charge in [0.1, 0.15) is 5.82 Å². The Morgan fingerprint density at radius 1 is 1.28 bits per heavy atom. The summed E-state index contributed by atoms with van der Waals surface area (Å²) in [6.07, 6.45) is 1.75. The lowest BCUT2D eigenvalue weighted by Crippen LogP contribution is -2.12. The summed E-state index contributed by atoms with van der Waals surface area (Å²) in [5, 5.41) is 13.9. The molecule has 18 heavy (non-hydrogen) atoms. The van der Waals surface area contributed by atoms with Crippen molar-refractivity contribution in [3.63, 3.8) is 0 Å². The van der Waals surface area contributed by atoms with Crippen LogP contribution in [-0.2, 0) is 4.74 Å². The van der Waals surface area contributed by atoms with E-state index in [4.69, 9.17) is 15.6 Å². The smallest absolute Gasteiger partial charge is 0.133 e. The van der Waals surface area contributed by atoms with Gasteiger partial charge in [0.05, 0.1) is 19.8 Å². The predicted molar refractivity (Wildman–Crippen MR) is 72.5 cm³/mol. The van der Waals surface area contributed by atoms with Gasteiger partial charge in [-0.15, -0.1) is 0 Å². The summed E-state index contributed by atoms with van der Waals surface area (Å²) in [5.74, 6) is 0.820. The number of benzene rings is 1. The van der Waals surface area contributed by atoms with E-state index in [1.807, 2.05) is 24.3 Å². The molecule has 1 aromatic heterocycles. The van der Waals surface area contributed by atoms with E-state index in [0.717, 1.165) is 22.3 Å². The lowest BCUT2D eigenvalue weighted by molar-refractivity contribution is 0.0992. The van der Waals surface area contributed by atoms with Crippen molar-refractivity contribution < 1.29 is 9.84 Å². The quantitative estimate of drug-likeness (QED) is 0.528. The van der Waals surface area contributed by atoms with Crippen LogP contribution in [0.5, 0.6) is 0 Å². The lowest BCUT2D eigenvalue weighted by atomic mass is 10.1. The largest absolute Gasteiger partial charge is 0.399 e. The zero-order chi connectivity index (χ0) is 12.8. The Kier molecular flexibility index (Phi) is 4.33. The van der Waals surface area contributed by atoms with E-state index >= 15 is 0 Å². The number of anilines is 2. The molecule has 2 aromatic rings. The Bertz CT molecular complexity index is 517. The number of hydrogen-bond donors (Lipinski definition) is 3. The molecule has 0 unspecified atom stereocenters. The molecule has 5 nitrogen and oxygen atoms in total. The summed E-state index contributed by atoms with van der Waals surface area (Å²) in [6, 6.07) is 7.66. The van der Waals surface area contributed by atoms with Gasteiger partial charge < -0.3 is 20.9 Å². The second-order valence-electron chi connectivity index (χ2n) is 3.90. The highest BCUT2D eigenvalue weighted by molar-refractivity contribution is 5.93. The third kappa shape index (κ3) is 3.09. The van der Waals surface area contributed by atoms with E-state index in [2.05, 4.69) is 10.3 Å². The second kappa shape index (κ2) is 6.18. The fourth-order valence-electron chi connectivity index (χ4n) is 1.75. The molecule has 4 N–H and O–H groups in total. The average molecular weight is 247 g/mol. The first-order valence-electron chi connectivity index (χ1n) is 5.88. The van der Waals surface area contributed by atoms with E-state index in [9.17, 15) is 0 Å². The number of rotatable bonds is 6. The number of aromatic nitrogens is 1. The van der Waals surface area contributed by atoms with Crippen molar-refractivity contribution in [3.05, 3.63) is 30.5 Å². The van der Waals surface area contributed by atoms with Gasteiger partial charge >= 0.3 is 0 Å². The monoisotopic (exact) mass is 247 g/mol. The first kappa shape index (κ1) is 12.6. The molecule has 0 aliphatic rings. The van der Waals surface area contributed by atoms with Crippen molar-refractivity contribution in [3.8, 4) is 0 Å². The first-order valence-corrected chi connectivity index (χ1v) is 5.88. The van der Waals surface area contributed by atoms with Crippen LogP contribution in [0.1, 0.15) is 0 Å². The van der Waals surface area contributed by atoms with Crippen LogP contribution in [0.3, 0.4) is 0 Å². The fourth-order valence-corrected chi connectivity index (χ4v) is 1.75. The van der Waals surface area contributed by atoms with Crippen molar-refractivity contribution in [2.45, 2.75) is 0 Å². The number of nitrogens with one attached hydrogen (secondary N) is 1. The van der Waals surface area contributed by atoms with Crippen LogP contribution in [0, 0.1) is 0 Å². The number of nitrogens with zero attached hydrogens (tertiary/aromatic N) is 1. The van der Waals surface area contributed by atoms with Crippen molar-refractivity contribution in [1.29, 1.82) is 0 Å². The van der Waals surface area contributed by atoms with E-state index in [0.29, 0.717) is 19.8 Å². The van der Waals surface area contributed by atoms with Crippen LogP contribution in [-0.4, -0.2) is 36.5 Å². The van der Waals surface area contributed by atoms with Gasteiger partial charge in [0.15, 0.2) is 0 Å². The van der Waals surface area contributed by atoms with E-state index < -0.39 is 0 Å². The van der Waals surface area contributed by atoms with E-state index in [-0.39, 0.29) is 6.61 Å². The van der Waals surface area contributed by atoms with Crippen LogP contribution in [0.2, 0.25) is 0 Å². The summed E-state index contributed by atoms with van der Waals surface area (Å²) >= 11 is 0. The van der Waals surface area contributed by atoms with Gasteiger partial charge in [0.25, 0.3) is 0 Å². The summed E-state index contributed by atoms with van der Waals surface area (Å²) in [5.41, 5.74) is 6.49. The molecule has 0 spiro atoms. The third-order valence-corrected chi connectivity index (χ3v) is 2.56. The number of nitrogens with two attached hydrogens (primary N) is 1. The van der Waals surface area contributed by atoms with Crippen molar-refractivity contribution in [2.75, 3.05) is 37.4 Å². The van der Waals surface area contributed by atoms with Crippen molar-refractivity contribution >= 4 is 22.3 Å². The minimum absolute atomic E-state index is 0.0474. The molecular formula is C13H17N3O2. The van der Waals surface area contributed by atoms with Crippen LogP contribution >= 0.6 is 0 Å². The Morgan fingerprint density at radius 3 is 3.00 bits per heavy atom. The molecule has 0 amide bonds.